The number of benzene rings is 1. The predicted octanol–water partition coefficient (Wildman–Crippen LogP) is 3.58. The average Bonchev–Trinajstić information content (AvgIpc) is 2.48. The van der Waals surface area contributed by atoms with Crippen LogP contribution in [-0.2, 0) is 4.79 Å². The molecule has 0 saturated carbocycles. The Morgan fingerprint density at radius 2 is 2.00 bits per heavy atom. The Labute approximate surface area is 120 Å². The topological polar surface area (TPSA) is 44.8 Å². The average molecular weight is 278 g/mol. The van der Waals surface area contributed by atoms with E-state index in [1.807, 2.05) is 6.92 Å². The molecule has 1 unspecified atom stereocenters. The van der Waals surface area contributed by atoms with Crippen molar-refractivity contribution in [3.05, 3.63) is 18.2 Å². The van der Waals surface area contributed by atoms with Gasteiger partial charge in [-0.05, 0) is 25.0 Å². The lowest BCUT2D eigenvalue weighted by Crippen LogP contribution is -2.20. The number of hydrogen-bond acceptors (Lipinski definition) is 4. The van der Waals surface area contributed by atoms with E-state index < -0.39 is 0 Å². The van der Waals surface area contributed by atoms with Gasteiger partial charge in [-0.25, -0.2) is 0 Å². The fraction of sp³-hybridized carbons (Fsp3) is 0.562. The Bertz CT molecular complexity index is 456. The van der Waals surface area contributed by atoms with Crippen LogP contribution in [0.25, 0.3) is 0 Å². The van der Waals surface area contributed by atoms with Gasteiger partial charge in [-0.1, -0.05) is 26.7 Å². The summed E-state index contributed by atoms with van der Waals surface area (Å²) in [4.78, 5) is 12.1. The predicted molar refractivity (Wildman–Crippen MR) is 76.4 cm³/mol. The molecule has 1 aromatic carbocycles. The van der Waals surface area contributed by atoms with E-state index in [1.165, 1.54) is 0 Å². The van der Waals surface area contributed by atoms with E-state index in [1.54, 1.807) is 18.2 Å². The van der Waals surface area contributed by atoms with Crippen molar-refractivity contribution in [1.82, 2.24) is 0 Å². The van der Waals surface area contributed by atoms with Gasteiger partial charge in [0.15, 0.2) is 11.5 Å². The molecule has 0 fully saturated rings. The lowest BCUT2D eigenvalue weighted by Gasteiger charge is -2.19. The molecule has 0 amide bonds. The highest BCUT2D eigenvalue weighted by Gasteiger charge is 2.19. The number of rotatable bonds is 6. The number of hydrogen-bond donors (Lipinski definition) is 0. The summed E-state index contributed by atoms with van der Waals surface area (Å²) in [6.07, 6.45) is 3.84. The summed E-state index contributed by atoms with van der Waals surface area (Å²) < 4.78 is 16.4. The molecule has 4 heteroatoms. The molecule has 1 heterocycles. The molecular formula is C16H22O4. The zero-order chi connectivity index (χ0) is 14.4. The van der Waals surface area contributed by atoms with Crippen LogP contribution in [0.5, 0.6) is 17.2 Å². The van der Waals surface area contributed by atoms with Crippen LogP contribution < -0.4 is 14.2 Å². The van der Waals surface area contributed by atoms with Crippen molar-refractivity contribution in [2.75, 3.05) is 13.2 Å². The van der Waals surface area contributed by atoms with Crippen molar-refractivity contribution < 1.29 is 19.0 Å². The number of carbonyl (C=O) groups excluding carboxylic acids is 1. The van der Waals surface area contributed by atoms with Gasteiger partial charge < -0.3 is 14.2 Å². The second-order valence-corrected chi connectivity index (χ2v) is 4.97. The summed E-state index contributed by atoms with van der Waals surface area (Å²) in [5.74, 6) is 1.69. The van der Waals surface area contributed by atoms with Crippen LogP contribution in [0.1, 0.15) is 39.5 Å². The van der Waals surface area contributed by atoms with Gasteiger partial charge >= 0.3 is 5.97 Å². The van der Waals surface area contributed by atoms with Gasteiger partial charge in [0.25, 0.3) is 0 Å². The fourth-order valence-electron chi connectivity index (χ4n) is 2.23. The first-order chi connectivity index (χ1) is 9.74. The zero-order valence-electron chi connectivity index (χ0n) is 12.2. The minimum atomic E-state index is -0.155. The van der Waals surface area contributed by atoms with Crippen LogP contribution in [0.3, 0.4) is 0 Å². The third kappa shape index (κ3) is 3.65. The minimum absolute atomic E-state index is 0.0249. The fourth-order valence-corrected chi connectivity index (χ4v) is 2.23. The monoisotopic (exact) mass is 278 g/mol. The maximum Gasteiger partial charge on any atom is 0.314 e. The molecule has 4 nitrogen and oxygen atoms in total. The van der Waals surface area contributed by atoms with Crippen molar-refractivity contribution in [2.24, 2.45) is 5.92 Å². The molecule has 2 rings (SSSR count). The van der Waals surface area contributed by atoms with E-state index >= 15 is 0 Å². The third-order valence-corrected chi connectivity index (χ3v) is 3.46. The molecule has 0 aliphatic carbocycles. The molecular weight excluding hydrogens is 256 g/mol. The largest absolute Gasteiger partial charge is 0.486 e. The van der Waals surface area contributed by atoms with Gasteiger partial charge in [-0.2, -0.15) is 0 Å². The Kier molecular flexibility index (Phi) is 5.27. The first-order valence-corrected chi connectivity index (χ1v) is 7.36. The lowest BCUT2D eigenvalue weighted by molar-refractivity contribution is -0.139. The third-order valence-electron chi connectivity index (χ3n) is 3.46. The molecule has 0 bridgehead atoms. The van der Waals surface area contributed by atoms with Gasteiger partial charge in [0.05, 0.1) is 5.92 Å². The SMILES string of the molecule is CCCCC(CC)C(=O)Oc1ccc2c(c1)OCCO2. The van der Waals surface area contributed by atoms with Crippen LogP contribution in [0.4, 0.5) is 0 Å². The van der Waals surface area contributed by atoms with Crippen molar-refractivity contribution in [1.29, 1.82) is 0 Å². The molecule has 0 saturated heterocycles. The normalized spacial score (nSPS) is 14.7. The highest BCUT2D eigenvalue weighted by molar-refractivity contribution is 5.75. The highest BCUT2D eigenvalue weighted by atomic mass is 16.6. The summed E-state index contributed by atoms with van der Waals surface area (Å²) in [5.41, 5.74) is 0. The van der Waals surface area contributed by atoms with Crippen LogP contribution >= 0.6 is 0 Å². The Morgan fingerprint density at radius 1 is 1.25 bits per heavy atom. The number of carbonyl (C=O) groups is 1. The van der Waals surface area contributed by atoms with E-state index in [2.05, 4.69) is 6.92 Å². The van der Waals surface area contributed by atoms with Crippen molar-refractivity contribution in [2.45, 2.75) is 39.5 Å². The Balaban J connectivity index is 1.99. The van der Waals surface area contributed by atoms with Crippen LogP contribution in [0.15, 0.2) is 18.2 Å². The highest BCUT2D eigenvalue weighted by Crippen LogP contribution is 2.34. The Hall–Kier alpha value is -1.71. The first-order valence-electron chi connectivity index (χ1n) is 7.36. The molecule has 0 radical (unpaired) electrons. The maximum atomic E-state index is 12.1. The van der Waals surface area contributed by atoms with E-state index in [0.29, 0.717) is 30.5 Å². The summed E-state index contributed by atoms with van der Waals surface area (Å²) >= 11 is 0. The van der Waals surface area contributed by atoms with Gasteiger partial charge in [0, 0.05) is 6.07 Å². The second-order valence-electron chi connectivity index (χ2n) is 4.97. The first kappa shape index (κ1) is 14.7. The molecule has 1 aliphatic heterocycles. The number of esters is 1. The number of unbranched alkanes of at least 4 members (excludes halogenated alkanes) is 1. The number of fused-ring (bicyclic) bond motifs is 1. The minimum Gasteiger partial charge on any atom is -0.486 e. The van der Waals surface area contributed by atoms with Gasteiger partial charge in [0.2, 0.25) is 0 Å². The van der Waals surface area contributed by atoms with Crippen molar-refractivity contribution in [3.8, 4) is 17.2 Å². The molecule has 20 heavy (non-hydrogen) atoms. The van der Waals surface area contributed by atoms with Crippen LogP contribution in [-0.4, -0.2) is 19.2 Å². The van der Waals surface area contributed by atoms with E-state index in [4.69, 9.17) is 14.2 Å². The van der Waals surface area contributed by atoms with E-state index in [9.17, 15) is 4.79 Å². The molecule has 1 atom stereocenters. The lowest BCUT2D eigenvalue weighted by atomic mass is 10.00. The van der Waals surface area contributed by atoms with Crippen molar-refractivity contribution >= 4 is 5.97 Å². The standard InChI is InChI=1S/C16H22O4/c1-3-5-6-12(4-2)16(17)20-13-7-8-14-15(11-13)19-10-9-18-14/h7-8,11-12H,3-6,9-10H2,1-2H3. The molecule has 110 valence electrons. The summed E-state index contributed by atoms with van der Waals surface area (Å²) in [6, 6.07) is 5.25. The summed E-state index contributed by atoms with van der Waals surface area (Å²) in [7, 11) is 0. The quantitative estimate of drug-likeness (QED) is 0.589. The Morgan fingerprint density at radius 3 is 2.70 bits per heavy atom. The smallest absolute Gasteiger partial charge is 0.314 e. The van der Waals surface area contributed by atoms with Crippen LogP contribution in [0, 0.1) is 5.92 Å². The molecule has 0 spiro atoms. The molecule has 1 aliphatic rings. The van der Waals surface area contributed by atoms with Crippen molar-refractivity contribution in [3.63, 3.8) is 0 Å². The van der Waals surface area contributed by atoms with Gasteiger partial charge in [-0.3, -0.25) is 4.79 Å². The molecule has 0 aromatic heterocycles. The van der Waals surface area contributed by atoms with Gasteiger partial charge in [0.1, 0.15) is 19.0 Å². The maximum absolute atomic E-state index is 12.1. The second kappa shape index (κ2) is 7.17. The van der Waals surface area contributed by atoms with E-state index in [-0.39, 0.29) is 11.9 Å². The molecule has 1 aromatic rings. The summed E-state index contributed by atoms with van der Waals surface area (Å²) in [5, 5.41) is 0. The number of ether oxygens (including phenoxy) is 3. The van der Waals surface area contributed by atoms with E-state index in [0.717, 1.165) is 25.7 Å². The van der Waals surface area contributed by atoms with Gasteiger partial charge in [-0.15, -0.1) is 0 Å². The summed E-state index contributed by atoms with van der Waals surface area (Å²) in [6.45, 7) is 5.23. The zero-order valence-corrected chi connectivity index (χ0v) is 12.2. The van der Waals surface area contributed by atoms with Crippen LogP contribution in [0.2, 0.25) is 0 Å². The molecule has 0 N–H and O–H groups in total.